The van der Waals surface area contributed by atoms with Crippen LogP contribution in [-0.2, 0) is 11.3 Å². The highest BCUT2D eigenvalue weighted by molar-refractivity contribution is 5.80. The summed E-state index contributed by atoms with van der Waals surface area (Å²) in [6.45, 7) is 0.0528. The number of benzene rings is 1. The lowest BCUT2D eigenvalue weighted by Gasteiger charge is -2.12. The lowest BCUT2D eigenvalue weighted by atomic mass is 10.2. The number of aromatic nitrogens is 2. The van der Waals surface area contributed by atoms with Gasteiger partial charge in [-0.1, -0.05) is 12.1 Å². The molecule has 6 heteroatoms. The van der Waals surface area contributed by atoms with Crippen LogP contribution in [0.1, 0.15) is 0 Å². The van der Waals surface area contributed by atoms with Crippen LogP contribution in [0.3, 0.4) is 0 Å². The van der Waals surface area contributed by atoms with Crippen LogP contribution in [0.4, 0.5) is 0 Å². The van der Waals surface area contributed by atoms with E-state index in [0.29, 0.717) is 11.0 Å². The lowest BCUT2D eigenvalue weighted by Crippen LogP contribution is -2.42. The summed E-state index contributed by atoms with van der Waals surface area (Å²) >= 11 is 0. The van der Waals surface area contributed by atoms with Crippen LogP contribution in [0, 0.1) is 0 Å². The van der Waals surface area contributed by atoms with E-state index in [0.717, 1.165) is 0 Å². The molecule has 1 atom stereocenters. The molecule has 1 aromatic heterocycles. The molecule has 1 unspecified atom stereocenters. The molecule has 6 nitrogen and oxygen atoms in total. The number of hydrogen-bond acceptors (Lipinski definition) is 4. The van der Waals surface area contributed by atoms with Crippen molar-refractivity contribution in [2.45, 2.75) is 12.6 Å². The predicted molar refractivity (Wildman–Crippen MR) is 63.2 cm³/mol. The molecule has 0 aliphatic rings. The fourth-order valence-corrected chi connectivity index (χ4v) is 1.59. The first-order chi connectivity index (χ1) is 8.09. The van der Waals surface area contributed by atoms with Gasteiger partial charge in [-0.2, -0.15) is 0 Å². The Kier molecular flexibility index (Phi) is 2.88. The standard InChI is InChI=1S/C11H12N4O2/c12-7(11(13)17)6-15-9-4-2-1-3-8(9)14-5-10(15)16/h1-5,7H,6,12H2,(H2,13,17). The second-order valence-corrected chi connectivity index (χ2v) is 3.70. The van der Waals surface area contributed by atoms with Gasteiger partial charge in [-0.25, -0.2) is 4.98 Å². The number of nitrogens with zero attached hydrogens (tertiary/aromatic N) is 2. The number of hydrogen-bond donors (Lipinski definition) is 2. The number of fused-ring (bicyclic) bond motifs is 1. The first kappa shape index (κ1) is 11.3. The van der Waals surface area contributed by atoms with E-state index in [-0.39, 0.29) is 12.1 Å². The summed E-state index contributed by atoms with van der Waals surface area (Å²) in [6, 6.07) is 6.24. The second-order valence-electron chi connectivity index (χ2n) is 3.70. The van der Waals surface area contributed by atoms with Gasteiger partial charge in [0.05, 0.1) is 23.8 Å². The molecule has 1 heterocycles. The summed E-state index contributed by atoms with van der Waals surface area (Å²) in [7, 11) is 0. The molecule has 17 heavy (non-hydrogen) atoms. The minimum absolute atomic E-state index is 0.0528. The van der Waals surface area contributed by atoms with Gasteiger partial charge in [-0.05, 0) is 12.1 Å². The van der Waals surface area contributed by atoms with Gasteiger partial charge >= 0.3 is 0 Å². The maximum atomic E-state index is 11.7. The summed E-state index contributed by atoms with van der Waals surface area (Å²) in [5, 5.41) is 0. The molecule has 2 aromatic rings. The Morgan fingerprint density at radius 1 is 1.41 bits per heavy atom. The maximum Gasteiger partial charge on any atom is 0.269 e. The molecule has 1 aromatic carbocycles. The minimum Gasteiger partial charge on any atom is -0.368 e. The number of carbonyl (C=O) groups is 1. The molecule has 0 saturated carbocycles. The second kappa shape index (κ2) is 4.34. The smallest absolute Gasteiger partial charge is 0.269 e. The van der Waals surface area contributed by atoms with Gasteiger partial charge in [-0.3, -0.25) is 9.59 Å². The highest BCUT2D eigenvalue weighted by Crippen LogP contribution is 2.08. The number of carbonyl (C=O) groups excluding carboxylic acids is 1. The molecule has 88 valence electrons. The zero-order chi connectivity index (χ0) is 12.4. The van der Waals surface area contributed by atoms with Crippen LogP contribution in [0.25, 0.3) is 11.0 Å². The highest BCUT2D eigenvalue weighted by atomic mass is 16.1. The summed E-state index contributed by atoms with van der Waals surface area (Å²) in [5.74, 6) is -0.641. The zero-order valence-electron chi connectivity index (χ0n) is 9.04. The summed E-state index contributed by atoms with van der Waals surface area (Å²) in [6.07, 6.45) is 1.20. The molecule has 0 bridgehead atoms. The van der Waals surface area contributed by atoms with Crippen molar-refractivity contribution in [3.63, 3.8) is 0 Å². The van der Waals surface area contributed by atoms with E-state index in [1.807, 2.05) is 6.07 Å². The molecule has 0 saturated heterocycles. The molecule has 1 amide bonds. The Bertz CT molecular complexity index is 620. The van der Waals surface area contributed by atoms with Gasteiger partial charge in [0, 0.05) is 0 Å². The van der Waals surface area contributed by atoms with Crippen molar-refractivity contribution in [3.8, 4) is 0 Å². The number of para-hydroxylation sites is 2. The fourth-order valence-electron chi connectivity index (χ4n) is 1.59. The third-order valence-electron chi connectivity index (χ3n) is 2.50. The molecule has 2 rings (SSSR count). The van der Waals surface area contributed by atoms with Gasteiger partial charge in [0.2, 0.25) is 5.91 Å². The number of primary amides is 1. The van der Waals surface area contributed by atoms with E-state index in [9.17, 15) is 9.59 Å². The van der Waals surface area contributed by atoms with Crippen LogP contribution in [-0.4, -0.2) is 21.5 Å². The Labute approximate surface area is 96.9 Å². The monoisotopic (exact) mass is 232 g/mol. The topological polar surface area (TPSA) is 104 Å². The third-order valence-corrected chi connectivity index (χ3v) is 2.50. The third kappa shape index (κ3) is 2.16. The van der Waals surface area contributed by atoms with Gasteiger partial charge in [0.15, 0.2) is 0 Å². The zero-order valence-corrected chi connectivity index (χ0v) is 9.04. The van der Waals surface area contributed by atoms with E-state index in [4.69, 9.17) is 11.5 Å². The maximum absolute atomic E-state index is 11.7. The minimum atomic E-state index is -0.890. The molecule has 0 spiro atoms. The van der Waals surface area contributed by atoms with Gasteiger partial charge in [-0.15, -0.1) is 0 Å². The predicted octanol–water partition coefficient (Wildman–Crippen LogP) is -0.791. The van der Waals surface area contributed by atoms with Crippen LogP contribution in [0.15, 0.2) is 35.3 Å². The molecule has 0 aliphatic carbocycles. The normalized spacial score (nSPS) is 12.5. The lowest BCUT2D eigenvalue weighted by molar-refractivity contribution is -0.119. The van der Waals surface area contributed by atoms with Gasteiger partial charge in [0.1, 0.15) is 6.04 Å². The van der Waals surface area contributed by atoms with Crippen LogP contribution < -0.4 is 17.0 Å². The summed E-state index contributed by atoms with van der Waals surface area (Å²) in [4.78, 5) is 26.6. The average molecular weight is 232 g/mol. The Morgan fingerprint density at radius 3 is 2.82 bits per heavy atom. The van der Waals surface area contributed by atoms with Crippen molar-refractivity contribution < 1.29 is 4.79 Å². The molecule has 0 radical (unpaired) electrons. The van der Waals surface area contributed by atoms with Gasteiger partial charge in [0.25, 0.3) is 5.56 Å². The van der Waals surface area contributed by atoms with Crippen molar-refractivity contribution >= 4 is 16.9 Å². The molecule has 0 aliphatic heterocycles. The van der Waals surface area contributed by atoms with Crippen LogP contribution in [0.2, 0.25) is 0 Å². The van der Waals surface area contributed by atoms with Crippen molar-refractivity contribution in [2.24, 2.45) is 11.5 Å². The van der Waals surface area contributed by atoms with Crippen molar-refractivity contribution in [1.29, 1.82) is 0 Å². The molecule has 0 fully saturated rings. The van der Waals surface area contributed by atoms with Crippen molar-refractivity contribution in [2.75, 3.05) is 0 Å². The first-order valence-corrected chi connectivity index (χ1v) is 5.09. The number of nitrogens with two attached hydrogens (primary N) is 2. The number of amides is 1. The number of rotatable bonds is 3. The van der Waals surface area contributed by atoms with E-state index in [1.165, 1.54) is 10.8 Å². The summed E-state index contributed by atoms with van der Waals surface area (Å²) < 4.78 is 1.40. The molecular formula is C11H12N4O2. The Hall–Kier alpha value is -2.21. The van der Waals surface area contributed by atoms with Crippen molar-refractivity contribution in [3.05, 3.63) is 40.8 Å². The van der Waals surface area contributed by atoms with E-state index in [1.54, 1.807) is 18.2 Å². The average Bonchev–Trinajstić information content (AvgIpc) is 2.32. The fraction of sp³-hybridized carbons (Fsp3) is 0.182. The largest absolute Gasteiger partial charge is 0.368 e. The van der Waals surface area contributed by atoms with E-state index >= 15 is 0 Å². The molecule has 4 N–H and O–H groups in total. The van der Waals surface area contributed by atoms with Crippen molar-refractivity contribution in [1.82, 2.24) is 9.55 Å². The SMILES string of the molecule is NC(=O)C(N)Cn1c(=O)cnc2ccccc21. The Morgan fingerprint density at radius 2 is 2.12 bits per heavy atom. The quantitative estimate of drug-likeness (QED) is 0.723. The van der Waals surface area contributed by atoms with E-state index in [2.05, 4.69) is 4.98 Å². The molecular weight excluding hydrogens is 220 g/mol. The van der Waals surface area contributed by atoms with Gasteiger partial charge < -0.3 is 16.0 Å². The van der Waals surface area contributed by atoms with Crippen LogP contribution in [0.5, 0.6) is 0 Å². The summed E-state index contributed by atoms with van der Waals surface area (Å²) in [5.41, 5.74) is 11.6. The first-order valence-electron chi connectivity index (χ1n) is 5.09. The Balaban J connectivity index is 2.55. The van der Waals surface area contributed by atoms with E-state index < -0.39 is 11.9 Å². The van der Waals surface area contributed by atoms with Crippen LogP contribution >= 0.6 is 0 Å². The highest BCUT2D eigenvalue weighted by Gasteiger charge is 2.12.